The number of anilines is 1. The predicted molar refractivity (Wildman–Crippen MR) is 134 cm³/mol. The molecule has 5 aromatic rings. The first-order valence-electron chi connectivity index (χ1n) is 11.2. The van der Waals surface area contributed by atoms with Crippen LogP contribution in [-0.2, 0) is 6.42 Å². The van der Waals surface area contributed by atoms with E-state index in [1.807, 2.05) is 97.1 Å². The van der Waals surface area contributed by atoms with E-state index < -0.39 is 0 Å². The number of hydrogen-bond donors (Lipinski definition) is 2. The van der Waals surface area contributed by atoms with Crippen molar-refractivity contribution in [3.8, 4) is 11.4 Å². The smallest absolute Gasteiger partial charge is 0.319 e. The number of rotatable bonds is 7. The molecule has 35 heavy (non-hydrogen) atoms. The van der Waals surface area contributed by atoms with E-state index in [1.165, 1.54) is 0 Å². The van der Waals surface area contributed by atoms with Crippen molar-refractivity contribution in [2.24, 2.45) is 0 Å². The van der Waals surface area contributed by atoms with Gasteiger partial charge in [-0.2, -0.15) is 4.98 Å². The van der Waals surface area contributed by atoms with Gasteiger partial charge in [-0.1, -0.05) is 84.0 Å². The van der Waals surface area contributed by atoms with E-state index in [-0.39, 0.29) is 12.1 Å². The minimum Gasteiger partial charge on any atom is -0.339 e. The molecule has 0 unspecified atom stereocenters. The Morgan fingerprint density at radius 3 is 2.20 bits per heavy atom. The van der Waals surface area contributed by atoms with Gasteiger partial charge in [-0.05, 0) is 34.9 Å². The lowest BCUT2D eigenvalue weighted by Gasteiger charge is -2.21. The normalized spacial score (nSPS) is 10.8. The van der Waals surface area contributed by atoms with Crippen LogP contribution in [0.5, 0.6) is 0 Å². The first-order chi connectivity index (χ1) is 17.3. The molecule has 7 nitrogen and oxygen atoms in total. The fourth-order valence-corrected chi connectivity index (χ4v) is 3.84. The number of aromatic nitrogens is 3. The second-order valence-corrected chi connectivity index (χ2v) is 7.94. The van der Waals surface area contributed by atoms with Crippen LogP contribution in [0.4, 0.5) is 10.5 Å². The fourth-order valence-electron chi connectivity index (χ4n) is 3.84. The number of para-hydroxylation sites is 1. The molecule has 0 spiro atoms. The molecule has 0 aliphatic rings. The molecule has 0 saturated carbocycles. The minimum atomic E-state index is -0.309. The number of urea groups is 1. The molecule has 0 fully saturated rings. The number of benzene rings is 3. The van der Waals surface area contributed by atoms with Crippen molar-refractivity contribution < 1.29 is 9.32 Å². The van der Waals surface area contributed by atoms with Gasteiger partial charge in [0, 0.05) is 23.6 Å². The highest BCUT2D eigenvalue weighted by atomic mass is 16.5. The van der Waals surface area contributed by atoms with Crippen LogP contribution in [0.15, 0.2) is 114 Å². The van der Waals surface area contributed by atoms with E-state index >= 15 is 0 Å². The van der Waals surface area contributed by atoms with Crippen molar-refractivity contribution in [1.82, 2.24) is 20.4 Å². The quantitative estimate of drug-likeness (QED) is 0.327. The molecule has 2 N–H and O–H groups in total. The SMILES string of the molecule is O=C(Nc1ccccc1Cc1nc(-c2cccnc2)no1)NC(c1ccccc1)c1ccccc1. The highest BCUT2D eigenvalue weighted by molar-refractivity contribution is 5.90. The van der Waals surface area contributed by atoms with Gasteiger partial charge in [0.2, 0.25) is 11.7 Å². The minimum absolute atomic E-state index is 0.289. The number of amides is 2. The molecule has 0 saturated heterocycles. The monoisotopic (exact) mass is 461 g/mol. The van der Waals surface area contributed by atoms with Gasteiger partial charge in [0.05, 0.1) is 12.5 Å². The fraction of sp³-hybridized carbons (Fsp3) is 0.0714. The van der Waals surface area contributed by atoms with Crippen LogP contribution in [-0.4, -0.2) is 21.2 Å². The standard InChI is InChI=1S/C28H23N5O2/c34-28(32-26(20-10-3-1-4-11-20)21-12-5-2-6-13-21)30-24-16-8-7-14-22(24)18-25-31-27(33-35-25)23-15-9-17-29-19-23/h1-17,19,26H,18H2,(H2,30,32,34). The lowest BCUT2D eigenvalue weighted by molar-refractivity contribution is 0.250. The van der Waals surface area contributed by atoms with E-state index in [9.17, 15) is 4.79 Å². The van der Waals surface area contributed by atoms with E-state index in [0.717, 1.165) is 22.3 Å². The van der Waals surface area contributed by atoms with Gasteiger partial charge >= 0.3 is 6.03 Å². The first-order valence-corrected chi connectivity index (χ1v) is 11.2. The summed E-state index contributed by atoms with van der Waals surface area (Å²) in [7, 11) is 0. The Bertz CT molecular complexity index is 1350. The van der Waals surface area contributed by atoms with Gasteiger partial charge in [0.1, 0.15) is 0 Å². The van der Waals surface area contributed by atoms with Crippen LogP contribution in [0.2, 0.25) is 0 Å². The molecule has 0 aliphatic heterocycles. The average molecular weight is 462 g/mol. The zero-order chi connectivity index (χ0) is 23.9. The van der Waals surface area contributed by atoms with Crippen molar-refractivity contribution in [1.29, 1.82) is 0 Å². The molecule has 0 radical (unpaired) electrons. The summed E-state index contributed by atoms with van der Waals surface area (Å²) in [5.41, 5.74) is 4.30. The summed E-state index contributed by atoms with van der Waals surface area (Å²) >= 11 is 0. The molecule has 2 heterocycles. The molecule has 3 aromatic carbocycles. The summed E-state index contributed by atoms with van der Waals surface area (Å²) in [5, 5.41) is 10.1. The third-order valence-corrected chi connectivity index (χ3v) is 5.54. The Kier molecular flexibility index (Phi) is 6.57. The zero-order valence-corrected chi connectivity index (χ0v) is 18.8. The molecule has 2 aromatic heterocycles. The summed E-state index contributed by atoms with van der Waals surface area (Å²) in [6.07, 6.45) is 3.76. The number of pyridine rings is 1. The first kappa shape index (κ1) is 22.0. The molecule has 2 amide bonds. The van der Waals surface area contributed by atoms with Crippen LogP contribution in [0, 0.1) is 0 Å². The van der Waals surface area contributed by atoms with Crippen LogP contribution >= 0.6 is 0 Å². The number of hydrogen-bond acceptors (Lipinski definition) is 5. The van der Waals surface area contributed by atoms with Gasteiger partial charge in [-0.3, -0.25) is 4.98 Å². The largest absolute Gasteiger partial charge is 0.339 e. The Hall–Kier alpha value is -4.78. The summed E-state index contributed by atoms with van der Waals surface area (Å²) in [6, 6.07) is 30.4. The Morgan fingerprint density at radius 1 is 0.829 bits per heavy atom. The molecule has 7 heteroatoms. The van der Waals surface area contributed by atoms with Crippen LogP contribution in [0.1, 0.15) is 28.6 Å². The third-order valence-electron chi connectivity index (χ3n) is 5.54. The van der Waals surface area contributed by atoms with Crippen LogP contribution in [0.25, 0.3) is 11.4 Å². The number of nitrogens with one attached hydrogen (secondary N) is 2. The van der Waals surface area contributed by atoms with Crippen LogP contribution in [0.3, 0.4) is 0 Å². The second kappa shape index (κ2) is 10.4. The molecule has 0 aliphatic carbocycles. The molecule has 0 bridgehead atoms. The third kappa shape index (κ3) is 5.42. The maximum Gasteiger partial charge on any atom is 0.319 e. The van der Waals surface area contributed by atoms with Crippen molar-refractivity contribution in [3.05, 3.63) is 132 Å². The van der Waals surface area contributed by atoms with E-state index in [4.69, 9.17) is 4.52 Å². The molecule has 172 valence electrons. The van der Waals surface area contributed by atoms with Gasteiger partial charge in [-0.15, -0.1) is 0 Å². The molecule has 0 atom stereocenters. The summed E-state index contributed by atoms with van der Waals surface area (Å²) in [6.45, 7) is 0. The van der Waals surface area contributed by atoms with Crippen molar-refractivity contribution in [2.45, 2.75) is 12.5 Å². The average Bonchev–Trinajstić information content (AvgIpc) is 3.38. The van der Waals surface area contributed by atoms with Crippen molar-refractivity contribution >= 4 is 11.7 Å². The summed E-state index contributed by atoms with van der Waals surface area (Å²) < 4.78 is 5.45. The highest BCUT2D eigenvalue weighted by Gasteiger charge is 2.18. The maximum absolute atomic E-state index is 13.1. The topological polar surface area (TPSA) is 92.9 Å². The molecular weight excluding hydrogens is 438 g/mol. The van der Waals surface area contributed by atoms with Gasteiger partial charge in [0.15, 0.2) is 0 Å². The van der Waals surface area contributed by atoms with Crippen LogP contribution < -0.4 is 10.6 Å². The van der Waals surface area contributed by atoms with Gasteiger partial charge in [0.25, 0.3) is 0 Å². The highest BCUT2D eigenvalue weighted by Crippen LogP contribution is 2.24. The summed E-state index contributed by atoms with van der Waals surface area (Å²) in [5.74, 6) is 0.926. The van der Waals surface area contributed by atoms with Gasteiger partial charge in [-0.25, -0.2) is 4.79 Å². The number of carbonyl (C=O) groups excluding carboxylic acids is 1. The van der Waals surface area contributed by atoms with Crippen molar-refractivity contribution in [3.63, 3.8) is 0 Å². The lowest BCUT2D eigenvalue weighted by Crippen LogP contribution is -2.33. The van der Waals surface area contributed by atoms with E-state index in [0.29, 0.717) is 23.8 Å². The van der Waals surface area contributed by atoms with Gasteiger partial charge < -0.3 is 15.2 Å². The maximum atomic E-state index is 13.1. The van der Waals surface area contributed by atoms with E-state index in [2.05, 4.69) is 25.8 Å². The predicted octanol–water partition coefficient (Wildman–Crippen LogP) is 5.63. The zero-order valence-electron chi connectivity index (χ0n) is 18.8. The Morgan fingerprint density at radius 2 is 1.51 bits per heavy atom. The number of carbonyl (C=O) groups is 1. The number of nitrogens with zero attached hydrogens (tertiary/aromatic N) is 3. The molecule has 5 rings (SSSR count). The Labute approximate surface area is 202 Å². The summed E-state index contributed by atoms with van der Waals surface area (Å²) in [4.78, 5) is 21.7. The lowest BCUT2D eigenvalue weighted by atomic mass is 9.99. The molecular formula is C28H23N5O2. The Balaban J connectivity index is 1.33. The van der Waals surface area contributed by atoms with Crippen molar-refractivity contribution in [2.75, 3.05) is 5.32 Å². The van der Waals surface area contributed by atoms with E-state index in [1.54, 1.807) is 12.4 Å². The second-order valence-electron chi connectivity index (χ2n) is 7.94.